The van der Waals surface area contributed by atoms with Gasteiger partial charge in [-0.15, -0.1) is 0 Å². The van der Waals surface area contributed by atoms with Crippen molar-refractivity contribution < 1.29 is 9.90 Å². The maximum Gasteiger partial charge on any atom is 0.266 e. The number of thioether (sulfide) groups is 1. The van der Waals surface area contributed by atoms with Crippen molar-refractivity contribution >= 4 is 28.9 Å². The molecule has 4 nitrogen and oxygen atoms in total. The molecule has 1 aromatic carbocycles. The number of amides is 1. The number of nitrogens with zero attached hydrogens (tertiary/aromatic N) is 2. The normalized spacial score (nSPS) is 19.8. The summed E-state index contributed by atoms with van der Waals surface area (Å²) < 4.78 is 0. The van der Waals surface area contributed by atoms with Crippen molar-refractivity contribution in [2.24, 2.45) is 4.99 Å². The van der Waals surface area contributed by atoms with Gasteiger partial charge in [0.1, 0.15) is 5.75 Å². The van der Waals surface area contributed by atoms with Gasteiger partial charge in [-0.25, -0.2) is 0 Å². The van der Waals surface area contributed by atoms with E-state index in [1.807, 2.05) is 32.1 Å². The predicted octanol–water partition coefficient (Wildman–Crippen LogP) is 2.54. The molecule has 1 amide bonds. The number of carbonyl (C=O) groups excluding carboxylic acids is 1. The number of amidine groups is 1. The molecule has 2 rings (SSSR count). The second kappa shape index (κ2) is 5.09. The Balaban J connectivity index is 2.40. The molecule has 1 aromatic rings. The first kappa shape index (κ1) is 13.7. The van der Waals surface area contributed by atoms with Crippen molar-refractivity contribution in [3.05, 3.63) is 33.7 Å². The van der Waals surface area contributed by atoms with E-state index in [9.17, 15) is 9.90 Å². The van der Waals surface area contributed by atoms with Gasteiger partial charge in [0.2, 0.25) is 0 Å². The number of likely N-dealkylation sites (N-methyl/N-ethyl adjacent to an activating group) is 1. The minimum absolute atomic E-state index is 0.0472. The maximum absolute atomic E-state index is 12.0. The fraction of sp³-hybridized carbons (Fsp3) is 0.286. The fourth-order valence-electron chi connectivity index (χ4n) is 1.97. The lowest BCUT2D eigenvalue weighted by atomic mass is 10.1. The van der Waals surface area contributed by atoms with E-state index in [1.54, 1.807) is 14.1 Å². The van der Waals surface area contributed by atoms with Gasteiger partial charge in [0, 0.05) is 14.1 Å². The Morgan fingerprint density at radius 2 is 1.89 bits per heavy atom. The van der Waals surface area contributed by atoms with Crippen LogP contribution in [-0.2, 0) is 4.79 Å². The molecule has 1 fully saturated rings. The van der Waals surface area contributed by atoms with E-state index in [0.717, 1.165) is 16.7 Å². The quantitative estimate of drug-likeness (QED) is 0.802. The molecule has 0 spiro atoms. The van der Waals surface area contributed by atoms with Crippen LogP contribution in [0.4, 0.5) is 0 Å². The lowest BCUT2D eigenvalue weighted by Crippen LogP contribution is -2.23. The standard InChI is InChI=1S/C14H16N2O2S/c1-8-5-10(6-9(2)12(8)17)7-11-13(18)16(4)14(15-3)19-11/h5-7,17H,1-4H3/b11-7-,15-14?. The van der Waals surface area contributed by atoms with Gasteiger partial charge in [-0.1, -0.05) is 0 Å². The second-order valence-electron chi connectivity index (χ2n) is 4.48. The van der Waals surface area contributed by atoms with Gasteiger partial charge in [-0.3, -0.25) is 14.7 Å². The Kier molecular flexibility index (Phi) is 3.66. The molecule has 1 aliphatic heterocycles. The van der Waals surface area contributed by atoms with Crippen LogP contribution >= 0.6 is 11.8 Å². The van der Waals surface area contributed by atoms with Crippen LogP contribution in [0.3, 0.4) is 0 Å². The molecule has 1 N–H and O–H groups in total. The number of carbonyl (C=O) groups is 1. The molecule has 100 valence electrons. The fourth-order valence-corrected chi connectivity index (χ4v) is 2.90. The van der Waals surface area contributed by atoms with Crippen LogP contribution in [0.1, 0.15) is 16.7 Å². The SMILES string of the molecule is CN=C1S/C(=C\c2cc(C)c(O)c(C)c2)C(=O)N1C. The molecule has 0 saturated carbocycles. The molecular weight excluding hydrogens is 260 g/mol. The van der Waals surface area contributed by atoms with Gasteiger partial charge >= 0.3 is 0 Å². The topological polar surface area (TPSA) is 52.9 Å². The molecule has 0 unspecified atom stereocenters. The molecule has 0 atom stereocenters. The van der Waals surface area contributed by atoms with E-state index in [0.29, 0.717) is 15.8 Å². The number of rotatable bonds is 1. The first-order valence-corrected chi connectivity index (χ1v) is 6.70. The Hall–Kier alpha value is -1.75. The molecule has 19 heavy (non-hydrogen) atoms. The zero-order valence-electron chi connectivity index (χ0n) is 11.4. The maximum atomic E-state index is 12.0. The monoisotopic (exact) mass is 276 g/mol. The number of aryl methyl sites for hydroxylation is 2. The van der Waals surface area contributed by atoms with Crippen molar-refractivity contribution in [3.8, 4) is 5.75 Å². The molecular formula is C14H16N2O2S. The number of aliphatic imine (C=N–C) groups is 1. The molecule has 5 heteroatoms. The minimum atomic E-state index is -0.0472. The zero-order valence-corrected chi connectivity index (χ0v) is 12.2. The van der Waals surface area contributed by atoms with Crippen molar-refractivity contribution in [2.45, 2.75) is 13.8 Å². The van der Waals surface area contributed by atoms with Crippen molar-refractivity contribution in [1.29, 1.82) is 0 Å². The van der Waals surface area contributed by atoms with Crippen LogP contribution in [0.25, 0.3) is 6.08 Å². The highest BCUT2D eigenvalue weighted by Gasteiger charge is 2.29. The third-order valence-corrected chi connectivity index (χ3v) is 4.16. The van der Waals surface area contributed by atoms with E-state index in [2.05, 4.69) is 4.99 Å². The van der Waals surface area contributed by atoms with Crippen LogP contribution in [-0.4, -0.2) is 35.2 Å². The summed E-state index contributed by atoms with van der Waals surface area (Å²) in [7, 11) is 3.38. The summed E-state index contributed by atoms with van der Waals surface area (Å²) in [4.78, 5) is 18.3. The first-order chi connectivity index (χ1) is 8.93. The van der Waals surface area contributed by atoms with E-state index in [4.69, 9.17) is 0 Å². The van der Waals surface area contributed by atoms with Crippen molar-refractivity contribution in [3.63, 3.8) is 0 Å². The Labute approximate surface area is 116 Å². The van der Waals surface area contributed by atoms with Crippen LogP contribution in [0, 0.1) is 13.8 Å². The highest BCUT2D eigenvalue weighted by molar-refractivity contribution is 8.18. The van der Waals surface area contributed by atoms with Crippen LogP contribution in [0.15, 0.2) is 22.0 Å². The summed E-state index contributed by atoms with van der Waals surface area (Å²) in [6.07, 6.45) is 1.83. The Morgan fingerprint density at radius 1 is 1.32 bits per heavy atom. The number of phenols is 1. The number of benzene rings is 1. The van der Waals surface area contributed by atoms with Crippen LogP contribution in [0.5, 0.6) is 5.75 Å². The molecule has 0 bridgehead atoms. The summed E-state index contributed by atoms with van der Waals surface area (Å²) >= 11 is 1.36. The van der Waals surface area contributed by atoms with Crippen molar-refractivity contribution in [2.75, 3.05) is 14.1 Å². The number of hydrogen-bond donors (Lipinski definition) is 1. The molecule has 1 aliphatic rings. The summed E-state index contributed by atoms with van der Waals surface area (Å²) in [5, 5.41) is 10.4. The van der Waals surface area contributed by atoms with E-state index < -0.39 is 0 Å². The number of hydrogen-bond acceptors (Lipinski definition) is 4. The van der Waals surface area contributed by atoms with Gasteiger partial charge in [0.25, 0.3) is 5.91 Å². The molecule has 1 heterocycles. The Bertz CT molecular complexity index is 582. The van der Waals surface area contributed by atoms with Gasteiger partial charge in [-0.2, -0.15) is 0 Å². The average molecular weight is 276 g/mol. The van der Waals surface area contributed by atoms with Crippen LogP contribution in [0.2, 0.25) is 0 Å². The average Bonchev–Trinajstić information content (AvgIpc) is 2.63. The van der Waals surface area contributed by atoms with E-state index in [-0.39, 0.29) is 5.91 Å². The van der Waals surface area contributed by atoms with Crippen molar-refractivity contribution in [1.82, 2.24) is 4.90 Å². The second-order valence-corrected chi connectivity index (χ2v) is 5.49. The third-order valence-electron chi connectivity index (χ3n) is 3.01. The molecule has 0 aromatic heterocycles. The van der Waals surface area contributed by atoms with Gasteiger partial charge in [0.05, 0.1) is 4.91 Å². The predicted molar refractivity (Wildman–Crippen MR) is 79.3 cm³/mol. The molecule has 1 saturated heterocycles. The largest absolute Gasteiger partial charge is 0.507 e. The first-order valence-electron chi connectivity index (χ1n) is 5.88. The van der Waals surface area contributed by atoms with E-state index in [1.165, 1.54) is 16.7 Å². The Morgan fingerprint density at radius 3 is 2.37 bits per heavy atom. The lowest BCUT2D eigenvalue weighted by molar-refractivity contribution is -0.121. The van der Waals surface area contributed by atoms with Crippen LogP contribution < -0.4 is 0 Å². The lowest BCUT2D eigenvalue weighted by Gasteiger charge is -2.06. The zero-order chi connectivity index (χ0) is 14.2. The number of aromatic hydroxyl groups is 1. The summed E-state index contributed by atoms with van der Waals surface area (Å²) in [6, 6.07) is 3.73. The minimum Gasteiger partial charge on any atom is -0.507 e. The molecule has 0 aliphatic carbocycles. The highest BCUT2D eigenvalue weighted by atomic mass is 32.2. The summed E-state index contributed by atoms with van der Waals surface area (Å²) in [5.41, 5.74) is 2.52. The highest BCUT2D eigenvalue weighted by Crippen LogP contribution is 2.32. The van der Waals surface area contributed by atoms with Gasteiger partial charge < -0.3 is 5.11 Å². The molecule has 0 radical (unpaired) electrons. The van der Waals surface area contributed by atoms with Gasteiger partial charge in [0.15, 0.2) is 5.17 Å². The third kappa shape index (κ3) is 2.51. The summed E-state index contributed by atoms with van der Waals surface area (Å²) in [6.45, 7) is 3.69. The smallest absolute Gasteiger partial charge is 0.266 e. The van der Waals surface area contributed by atoms with E-state index >= 15 is 0 Å². The van der Waals surface area contributed by atoms with Gasteiger partial charge in [-0.05, 0) is 60.5 Å². The number of phenolic OH excluding ortho intramolecular Hbond substituents is 1. The summed E-state index contributed by atoms with van der Waals surface area (Å²) in [5.74, 6) is 0.259.